The van der Waals surface area contributed by atoms with Gasteiger partial charge in [-0.25, -0.2) is 0 Å². The fraction of sp³-hybridized carbons (Fsp3) is 0.750. The van der Waals surface area contributed by atoms with Gasteiger partial charge in [-0.2, -0.15) is 5.10 Å². The molecule has 3 heteroatoms. The van der Waals surface area contributed by atoms with Gasteiger partial charge in [0, 0.05) is 19.3 Å². The van der Waals surface area contributed by atoms with E-state index in [0.717, 1.165) is 5.69 Å². The van der Waals surface area contributed by atoms with E-state index in [0.29, 0.717) is 11.5 Å². The van der Waals surface area contributed by atoms with Crippen LogP contribution in [0.4, 0.5) is 5.69 Å². The second kappa shape index (κ2) is 3.54. The highest BCUT2D eigenvalue weighted by Gasteiger charge is 2.34. The highest BCUT2D eigenvalue weighted by atomic mass is 15.3. The maximum absolute atomic E-state index is 4.36. The molecule has 2 rings (SSSR count). The number of hydrogen-bond donors (Lipinski definition) is 1. The maximum atomic E-state index is 4.36. The van der Waals surface area contributed by atoms with E-state index in [1.54, 1.807) is 0 Å². The van der Waals surface area contributed by atoms with Crippen molar-refractivity contribution < 1.29 is 0 Å². The number of hydrogen-bond acceptors (Lipinski definition) is 2. The minimum atomic E-state index is 0.419. The predicted octanol–water partition coefficient (Wildman–Crippen LogP) is 2.72. The zero-order valence-corrected chi connectivity index (χ0v) is 10.2. The lowest BCUT2D eigenvalue weighted by molar-refractivity contribution is 0.350. The molecule has 1 saturated carbocycles. The van der Waals surface area contributed by atoms with Crippen molar-refractivity contribution in [1.82, 2.24) is 9.78 Å². The highest BCUT2D eigenvalue weighted by molar-refractivity contribution is 5.47. The van der Waals surface area contributed by atoms with Crippen LogP contribution in [0.15, 0.2) is 6.20 Å². The topological polar surface area (TPSA) is 29.9 Å². The summed E-state index contributed by atoms with van der Waals surface area (Å²) in [7, 11) is 1.97. The molecular formula is C12H21N3. The molecule has 0 radical (unpaired) electrons. The molecule has 0 aromatic carbocycles. The number of nitrogens with one attached hydrogen (secondary N) is 1. The summed E-state index contributed by atoms with van der Waals surface area (Å²) in [4.78, 5) is 0. The first-order chi connectivity index (χ1) is 6.99. The molecule has 0 amide bonds. The van der Waals surface area contributed by atoms with E-state index in [2.05, 4.69) is 37.4 Å². The molecule has 0 bridgehead atoms. The number of anilines is 1. The van der Waals surface area contributed by atoms with Gasteiger partial charge in [-0.3, -0.25) is 4.68 Å². The summed E-state index contributed by atoms with van der Waals surface area (Å²) in [6.07, 6.45) is 6.01. The zero-order chi connectivity index (χ0) is 11.1. The lowest BCUT2D eigenvalue weighted by Crippen LogP contribution is -2.30. The number of aryl methyl sites for hydroxylation is 2. The Hall–Kier alpha value is -0.990. The summed E-state index contributed by atoms with van der Waals surface area (Å²) in [6, 6.07) is 0.598. The van der Waals surface area contributed by atoms with Crippen LogP contribution in [0.2, 0.25) is 0 Å². The molecule has 1 aromatic rings. The molecule has 3 nitrogen and oxygen atoms in total. The van der Waals surface area contributed by atoms with Crippen LogP contribution in [-0.2, 0) is 7.05 Å². The van der Waals surface area contributed by atoms with Crippen molar-refractivity contribution in [2.24, 2.45) is 12.5 Å². The maximum Gasteiger partial charge on any atom is 0.0825 e. The Morgan fingerprint density at radius 1 is 1.53 bits per heavy atom. The zero-order valence-electron chi connectivity index (χ0n) is 10.2. The second-order valence-electron chi connectivity index (χ2n) is 5.38. The van der Waals surface area contributed by atoms with Crippen molar-refractivity contribution in [2.75, 3.05) is 5.32 Å². The third-order valence-corrected chi connectivity index (χ3v) is 3.60. The van der Waals surface area contributed by atoms with Gasteiger partial charge in [0.2, 0.25) is 0 Å². The largest absolute Gasteiger partial charge is 0.379 e. The normalized spacial score (nSPS) is 24.4. The Bertz CT molecular complexity index is 352. The van der Waals surface area contributed by atoms with Gasteiger partial charge >= 0.3 is 0 Å². The van der Waals surface area contributed by atoms with Gasteiger partial charge in [0.1, 0.15) is 0 Å². The third-order valence-electron chi connectivity index (χ3n) is 3.60. The first-order valence-corrected chi connectivity index (χ1v) is 5.76. The Labute approximate surface area is 91.9 Å². The van der Waals surface area contributed by atoms with E-state index in [9.17, 15) is 0 Å². The second-order valence-corrected chi connectivity index (χ2v) is 5.38. The molecule has 1 fully saturated rings. The van der Waals surface area contributed by atoms with Crippen molar-refractivity contribution in [3.8, 4) is 0 Å². The smallest absolute Gasteiger partial charge is 0.0825 e. The van der Waals surface area contributed by atoms with Crippen molar-refractivity contribution in [1.29, 1.82) is 0 Å². The van der Waals surface area contributed by atoms with Gasteiger partial charge in [-0.05, 0) is 25.2 Å². The summed E-state index contributed by atoms with van der Waals surface area (Å²) < 4.78 is 1.87. The van der Waals surface area contributed by atoms with Gasteiger partial charge < -0.3 is 5.32 Å². The SMILES string of the molecule is Cc1nn(C)cc1NC1CCCC1(C)C. The van der Waals surface area contributed by atoms with Crippen LogP contribution >= 0.6 is 0 Å². The Balaban J connectivity index is 2.12. The first kappa shape index (κ1) is 10.5. The molecule has 1 aliphatic carbocycles. The minimum Gasteiger partial charge on any atom is -0.379 e. The highest BCUT2D eigenvalue weighted by Crippen LogP contribution is 2.39. The van der Waals surface area contributed by atoms with Crippen LogP contribution in [0.1, 0.15) is 38.8 Å². The standard InChI is InChI=1S/C12H21N3/c1-9-10(8-15(4)14-9)13-11-6-5-7-12(11,2)3/h8,11,13H,5-7H2,1-4H3. The average Bonchev–Trinajstić information content (AvgIpc) is 2.58. The lowest BCUT2D eigenvalue weighted by atomic mass is 9.87. The number of aromatic nitrogens is 2. The van der Waals surface area contributed by atoms with Crippen LogP contribution in [-0.4, -0.2) is 15.8 Å². The summed E-state index contributed by atoms with van der Waals surface area (Å²) in [5, 5.41) is 7.99. The fourth-order valence-corrected chi connectivity index (χ4v) is 2.52. The molecule has 0 saturated heterocycles. The van der Waals surface area contributed by atoms with Crippen LogP contribution in [0.25, 0.3) is 0 Å². The van der Waals surface area contributed by atoms with E-state index in [4.69, 9.17) is 0 Å². The summed E-state index contributed by atoms with van der Waals surface area (Å²) >= 11 is 0. The Kier molecular flexibility index (Phi) is 2.49. The number of rotatable bonds is 2. The van der Waals surface area contributed by atoms with Crippen LogP contribution < -0.4 is 5.32 Å². The van der Waals surface area contributed by atoms with E-state index in [1.807, 2.05) is 11.7 Å². The van der Waals surface area contributed by atoms with E-state index < -0.39 is 0 Å². The third kappa shape index (κ3) is 2.01. The predicted molar refractivity (Wildman–Crippen MR) is 63.0 cm³/mol. The van der Waals surface area contributed by atoms with E-state index in [1.165, 1.54) is 24.9 Å². The number of nitrogens with zero attached hydrogens (tertiary/aromatic N) is 2. The molecule has 1 aliphatic rings. The quantitative estimate of drug-likeness (QED) is 0.808. The molecule has 0 aliphatic heterocycles. The molecule has 84 valence electrons. The van der Waals surface area contributed by atoms with Crippen LogP contribution in [0, 0.1) is 12.3 Å². The van der Waals surface area contributed by atoms with Crippen molar-refractivity contribution in [2.45, 2.75) is 46.1 Å². The van der Waals surface area contributed by atoms with E-state index >= 15 is 0 Å². The summed E-state index contributed by atoms with van der Waals surface area (Å²) in [5.41, 5.74) is 2.71. The van der Waals surface area contributed by atoms with Crippen molar-refractivity contribution in [3.05, 3.63) is 11.9 Å². The fourth-order valence-electron chi connectivity index (χ4n) is 2.52. The lowest BCUT2D eigenvalue weighted by Gasteiger charge is -2.28. The summed E-state index contributed by atoms with van der Waals surface area (Å²) in [6.45, 7) is 6.76. The molecule has 1 N–H and O–H groups in total. The molecular weight excluding hydrogens is 186 g/mol. The summed E-state index contributed by atoms with van der Waals surface area (Å²) in [5.74, 6) is 0. The van der Waals surface area contributed by atoms with Gasteiger partial charge in [-0.1, -0.05) is 20.3 Å². The van der Waals surface area contributed by atoms with Crippen molar-refractivity contribution in [3.63, 3.8) is 0 Å². The average molecular weight is 207 g/mol. The van der Waals surface area contributed by atoms with Gasteiger partial charge in [0.05, 0.1) is 11.4 Å². The first-order valence-electron chi connectivity index (χ1n) is 5.76. The molecule has 1 heterocycles. The Morgan fingerprint density at radius 2 is 2.27 bits per heavy atom. The van der Waals surface area contributed by atoms with Gasteiger partial charge in [0.25, 0.3) is 0 Å². The van der Waals surface area contributed by atoms with Crippen molar-refractivity contribution >= 4 is 5.69 Å². The molecule has 1 aromatic heterocycles. The molecule has 15 heavy (non-hydrogen) atoms. The Morgan fingerprint density at radius 3 is 2.73 bits per heavy atom. The van der Waals surface area contributed by atoms with Gasteiger partial charge in [0.15, 0.2) is 0 Å². The van der Waals surface area contributed by atoms with Crippen LogP contribution in [0.5, 0.6) is 0 Å². The minimum absolute atomic E-state index is 0.419. The molecule has 1 unspecified atom stereocenters. The van der Waals surface area contributed by atoms with Crippen LogP contribution in [0.3, 0.4) is 0 Å². The van der Waals surface area contributed by atoms with E-state index in [-0.39, 0.29) is 0 Å². The van der Waals surface area contributed by atoms with Gasteiger partial charge in [-0.15, -0.1) is 0 Å². The molecule has 1 atom stereocenters. The monoisotopic (exact) mass is 207 g/mol. The molecule has 0 spiro atoms.